The summed E-state index contributed by atoms with van der Waals surface area (Å²) in [6.07, 6.45) is 4.54. The first-order valence-electron chi connectivity index (χ1n) is 13.2. The maximum atomic E-state index is 12.0. The number of ketones is 1. The molecule has 0 fully saturated rings. The topological polar surface area (TPSA) is 55.8 Å². The Kier molecular flexibility index (Phi) is 7.62. The van der Waals surface area contributed by atoms with Crippen molar-refractivity contribution in [3.63, 3.8) is 0 Å². The van der Waals surface area contributed by atoms with E-state index in [0.29, 0.717) is 29.9 Å². The van der Waals surface area contributed by atoms with Gasteiger partial charge in [0.25, 0.3) is 0 Å². The van der Waals surface area contributed by atoms with Crippen LogP contribution in [-0.2, 0) is 12.0 Å². The number of rotatable bonds is 4. The van der Waals surface area contributed by atoms with Crippen LogP contribution in [0.15, 0.2) is 97.1 Å². The number of hydrogen-bond acceptors (Lipinski definition) is 4. The Morgan fingerprint density at radius 1 is 0.763 bits per heavy atom. The predicted octanol–water partition coefficient (Wildman–Crippen LogP) is 7.07. The molecule has 2 unspecified atom stereocenters. The molecule has 0 saturated heterocycles. The van der Waals surface area contributed by atoms with Gasteiger partial charge in [0.05, 0.1) is 14.2 Å². The van der Waals surface area contributed by atoms with Crippen LogP contribution >= 0.6 is 0 Å². The Balaban J connectivity index is 0.000000156. The smallest absolute Gasteiger partial charge is 0.163 e. The second-order valence-electron chi connectivity index (χ2n) is 9.97. The lowest BCUT2D eigenvalue weighted by molar-refractivity contribution is 0.0548. The van der Waals surface area contributed by atoms with Gasteiger partial charge in [-0.25, -0.2) is 0 Å². The van der Waals surface area contributed by atoms with Crippen molar-refractivity contribution in [3.05, 3.63) is 130 Å². The zero-order valence-corrected chi connectivity index (χ0v) is 22.0. The zero-order chi connectivity index (χ0) is 26.5. The summed E-state index contributed by atoms with van der Waals surface area (Å²) in [5.41, 5.74) is 5.44. The summed E-state index contributed by atoms with van der Waals surface area (Å²) in [5, 5.41) is 11.1. The molecule has 0 saturated carbocycles. The van der Waals surface area contributed by atoms with E-state index in [1.165, 1.54) is 36.0 Å². The first kappa shape index (κ1) is 25.7. The number of aryl methyl sites for hydroxylation is 1. The molecule has 0 amide bonds. The number of carbonyl (C=O) groups excluding carboxylic acids is 1. The molecule has 0 bridgehead atoms. The number of ether oxygens (including phenoxy) is 2. The largest absolute Gasteiger partial charge is 0.497 e. The molecule has 38 heavy (non-hydrogen) atoms. The SMILES string of the molecule is COc1ccc(C2(O)CCC(=O)c3ccccc32)cc1.COc1ccc(C2CCCc3ccccc32)cc1. The highest BCUT2D eigenvalue weighted by atomic mass is 16.5. The van der Waals surface area contributed by atoms with E-state index in [1.54, 1.807) is 20.3 Å². The van der Waals surface area contributed by atoms with E-state index in [9.17, 15) is 9.90 Å². The van der Waals surface area contributed by atoms with Crippen molar-refractivity contribution in [1.29, 1.82) is 0 Å². The average Bonchev–Trinajstić information content (AvgIpc) is 2.99. The Bertz CT molecular complexity index is 1390. The third kappa shape index (κ3) is 5.09. The Morgan fingerprint density at radius 3 is 2.11 bits per heavy atom. The maximum absolute atomic E-state index is 12.0. The van der Waals surface area contributed by atoms with Crippen molar-refractivity contribution >= 4 is 5.78 Å². The lowest BCUT2D eigenvalue weighted by Crippen LogP contribution is -2.34. The van der Waals surface area contributed by atoms with Crippen LogP contribution in [0.4, 0.5) is 0 Å². The van der Waals surface area contributed by atoms with Crippen LogP contribution in [0.2, 0.25) is 0 Å². The average molecular weight is 507 g/mol. The van der Waals surface area contributed by atoms with Gasteiger partial charge < -0.3 is 14.6 Å². The van der Waals surface area contributed by atoms with E-state index in [2.05, 4.69) is 48.5 Å². The van der Waals surface area contributed by atoms with E-state index in [4.69, 9.17) is 9.47 Å². The minimum Gasteiger partial charge on any atom is -0.497 e. The van der Waals surface area contributed by atoms with Gasteiger partial charge >= 0.3 is 0 Å². The number of aliphatic hydroxyl groups is 1. The molecule has 194 valence electrons. The van der Waals surface area contributed by atoms with Crippen molar-refractivity contribution in [3.8, 4) is 11.5 Å². The summed E-state index contributed by atoms with van der Waals surface area (Å²) in [6.45, 7) is 0. The van der Waals surface area contributed by atoms with Crippen LogP contribution in [0.3, 0.4) is 0 Å². The fraction of sp³-hybridized carbons (Fsp3) is 0.265. The van der Waals surface area contributed by atoms with Gasteiger partial charge in [0, 0.05) is 17.9 Å². The Morgan fingerprint density at radius 2 is 1.39 bits per heavy atom. The lowest BCUT2D eigenvalue weighted by Gasteiger charge is -2.34. The van der Waals surface area contributed by atoms with Gasteiger partial charge in [-0.3, -0.25) is 4.79 Å². The number of Topliss-reactive ketones (excluding diaryl/α,β-unsaturated/α-hetero) is 1. The first-order valence-corrected chi connectivity index (χ1v) is 13.2. The summed E-state index contributed by atoms with van der Waals surface area (Å²) in [7, 11) is 3.32. The Labute approximate surface area is 224 Å². The van der Waals surface area contributed by atoms with Crippen LogP contribution in [0.5, 0.6) is 11.5 Å². The number of methoxy groups -OCH3 is 2. The van der Waals surface area contributed by atoms with Crippen LogP contribution in [-0.4, -0.2) is 25.1 Å². The van der Waals surface area contributed by atoms with Gasteiger partial charge in [-0.15, -0.1) is 0 Å². The predicted molar refractivity (Wildman–Crippen MR) is 150 cm³/mol. The van der Waals surface area contributed by atoms with E-state index >= 15 is 0 Å². The third-order valence-electron chi connectivity index (χ3n) is 7.84. The molecule has 2 aliphatic rings. The number of fused-ring (bicyclic) bond motifs is 2. The molecule has 1 N–H and O–H groups in total. The normalized spacial score (nSPS) is 19.9. The van der Waals surface area contributed by atoms with Crippen molar-refractivity contribution in [2.24, 2.45) is 0 Å². The molecule has 2 atom stereocenters. The number of hydrogen-bond donors (Lipinski definition) is 1. The van der Waals surface area contributed by atoms with Crippen LogP contribution < -0.4 is 9.47 Å². The molecule has 4 aromatic rings. The second kappa shape index (κ2) is 11.2. The van der Waals surface area contributed by atoms with Crippen LogP contribution in [0.25, 0.3) is 0 Å². The standard InChI is InChI=1S/C17H16O3.C17H18O/c1-20-13-8-6-12(7-9-13)17(19)11-10-16(18)14-4-2-3-5-15(14)17;1-18-15-11-9-14(10-12-15)17-8-4-6-13-5-2-3-7-16(13)17/h2-9,19H,10-11H2,1H3;2-3,5,7,9-12,17H,4,6,8H2,1H3. The number of benzene rings is 4. The molecule has 0 aliphatic heterocycles. The molecule has 0 heterocycles. The molecule has 0 aromatic heterocycles. The highest BCUT2D eigenvalue weighted by Gasteiger charge is 2.38. The summed E-state index contributed by atoms with van der Waals surface area (Å²) in [4.78, 5) is 12.0. The molecular formula is C34H34O4. The van der Waals surface area contributed by atoms with Gasteiger partial charge in [0.1, 0.15) is 17.1 Å². The molecule has 0 radical (unpaired) electrons. The molecule has 4 nitrogen and oxygen atoms in total. The van der Waals surface area contributed by atoms with Crippen molar-refractivity contribution in [2.45, 2.75) is 43.6 Å². The molecule has 6 rings (SSSR count). The minimum absolute atomic E-state index is 0.0961. The quantitative estimate of drug-likeness (QED) is 0.322. The maximum Gasteiger partial charge on any atom is 0.163 e. The number of carbonyl (C=O) groups is 1. The van der Waals surface area contributed by atoms with Gasteiger partial charge in [0.15, 0.2) is 5.78 Å². The molecular weight excluding hydrogens is 472 g/mol. The van der Waals surface area contributed by atoms with E-state index < -0.39 is 5.60 Å². The molecule has 0 spiro atoms. The van der Waals surface area contributed by atoms with Crippen molar-refractivity contribution in [1.82, 2.24) is 0 Å². The van der Waals surface area contributed by atoms with E-state index in [0.717, 1.165) is 17.1 Å². The summed E-state index contributed by atoms with van der Waals surface area (Å²) in [5.74, 6) is 2.33. The monoisotopic (exact) mass is 506 g/mol. The molecule has 4 aromatic carbocycles. The van der Waals surface area contributed by atoms with Gasteiger partial charge in [-0.2, -0.15) is 0 Å². The summed E-state index contributed by atoms with van der Waals surface area (Å²) < 4.78 is 10.4. The van der Waals surface area contributed by atoms with E-state index in [1.807, 2.05) is 42.5 Å². The lowest BCUT2D eigenvalue weighted by atomic mass is 9.74. The van der Waals surface area contributed by atoms with Crippen LogP contribution in [0, 0.1) is 0 Å². The fourth-order valence-electron chi connectivity index (χ4n) is 5.75. The highest BCUT2D eigenvalue weighted by Crippen LogP contribution is 2.41. The van der Waals surface area contributed by atoms with Crippen LogP contribution in [0.1, 0.15) is 69.8 Å². The van der Waals surface area contributed by atoms with Gasteiger partial charge in [-0.1, -0.05) is 72.8 Å². The zero-order valence-electron chi connectivity index (χ0n) is 22.0. The fourth-order valence-corrected chi connectivity index (χ4v) is 5.75. The first-order chi connectivity index (χ1) is 18.5. The van der Waals surface area contributed by atoms with E-state index in [-0.39, 0.29) is 5.78 Å². The summed E-state index contributed by atoms with van der Waals surface area (Å²) in [6, 6.07) is 32.0. The second-order valence-corrected chi connectivity index (χ2v) is 9.97. The molecule has 4 heteroatoms. The van der Waals surface area contributed by atoms with Gasteiger partial charge in [0.2, 0.25) is 0 Å². The third-order valence-corrected chi connectivity index (χ3v) is 7.84. The van der Waals surface area contributed by atoms with Crippen molar-refractivity contribution < 1.29 is 19.4 Å². The van der Waals surface area contributed by atoms with Crippen molar-refractivity contribution in [2.75, 3.05) is 14.2 Å². The Hall–Kier alpha value is -3.89. The summed E-state index contributed by atoms with van der Waals surface area (Å²) >= 11 is 0. The molecule has 2 aliphatic carbocycles. The minimum atomic E-state index is -1.10. The highest BCUT2D eigenvalue weighted by molar-refractivity contribution is 5.99. The van der Waals surface area contributed by atoms with Gasteiger partial charge in [-0.05, 0) is 77.8 Å².